The maximum absolute atomic E-state index is 12.0. The molecule has 0 aliphatic carbocycles. The Bertz CT molecular complexity index is 292. The summed E-state index contributed by atoms with van der Waals surface area (Å²) in [5.74, 6) is -0.893. The van der Waals surface area contributed by atoms with Crippen LogP contribution < -0.4 is 5.32 Å². The van der Waals surface area contributed by atoms with E-state index in [1.165, 1.54) is 0 Å². The summed E-state index contributed by atoms with van der Waals surface area (Å²) in [5.41, 5.74) is 0. The van der Waals surface area contributed by atoms with Gasteiger partial charge in [0.05, 0.1) is 0 Å². The molecule has 0 aromatic rings. The van der Waals surface area contributed by atoms with E-state index in [-0.39, 0.29) is 5.91 Å². The third kappa shape index (κ3) is 4.64. The summed E-state index contributed by atoms with van der Waals surface area (Å²) in [6, 6.07) is -0.189. The van der Waals surface area contributed by atoms with Gasteiger partial charge in [0.25, 0.3) is 0 Å². The fraction of sp³-hybridized carbons (Fsp3) is 0.846. The monoisotopic (exact) mass is 256 g/mol. The Morgan fingerprint density at radius 2 is 2.11 bits per heavy atom. The molecule has 0 radical (unpaired) electrons. The number of carbonyl (C=O) groups excluding carboxylic acids is 1. The molecular weight excluding hydrogens is 232 g/mol. The van der Waals surface area contributed by atoms with Gasteiger partial charge < -0.3 is 15.3 Å². The van der Waals surface area contributed by atoms with Crippen LogP contribution in [0.3, 0.4) is 0 Å². The molecule has 2 N–H and O–H groups in total. The number of hydrogen-bond acceptors (Lipinski definition) is 3. The van der Waals surface area contributed by atoms with Crippen molar-refractivity contribution in [2.75, 3.05) is 13.1 Å². The normalized spacial score (nSPS) is 20.2. The second-order valence-electron chi connectivity index (χ2n) is 5.15. The van der Waals surface area contributed by atoms with Gasteiger partial charge in [-0.05, 0) is 32.2 Å². The first-order valence-electron chi connectivity index (χ1n) is 6.78. The Morgan fingerprint density at radius 1 is 1.39 bits per heavy atom. The summed E-state index contributed by atoms with van der Waals surface area (Å²) in [6.45, 7) is 5.52. The molecule has 1 heterocycles. The molecule has 0 saturated carbocycles. The van der Waals surface area contributed by atoms with Crippen LogP contribution in [0.1, 0.15) is 46.0 Å². The van der Waals surface area contributed by atoms with Gasteiger partial charge in [-0.15, -0.1) is 0 Å². The minimum Gasteiger partial charge on any atom is -0.480 e. The van der Waals surface area contributed by atoms with Gasteiger partial charge >= 0.3 is 5.97 Å². The number of piperidine rings is 1. The molecule has 1 saturated heterocycles. The molecule has 0 bridgehead atoms. The molecule has 5 heteroatoms. The van der Waals surface area contributed by atoms with Crippen LogP contribution in [0.5, 0.6) is 0 Å². The SMILES string of the molecule is CC(C)NCCCC(=O)N1CCCC[C@H]1C(=O)O. The van der Waals surface area contributed by atoms with Crippen molar-refractivity contribution >= 4 is 11.9 Å². The van der Waals surface area contributed by atoms with Crippen LogP contribution in [0.15, 0.2) is 0 Å². The predicted octanol–water partition coefficient (Wildman–Crippen LogP) is 1.23. The van der Waals surface area contributed by atoms with Gasteiger partial charge in [0.2, 0.25) is 5.91 Å². The van der Waals surface area contributed by atoms with Crippen molar-refractivity contribution in [3.63, 3.8) is 0 Å². The van der Waals surface area contributed by atoms with Gasteiger partial charge in [-0.3, -0.25) is 4.79 Å². The zero-order chi connectivity index (χ0) is 13.5. The van der Waals surface area contributed by atoms with Crippen molar-refractivity contribution in [2.24, 2.45) is 0 Å². The van der Waals surface area contributed by atoms with Gasteiger partial charge in [-0.1, -0.05) is 13.8 Å². The van der Waals surface area contributed by atoms with Gasteiger partial charge in [0.1, 0.15) is 6.04 Å². The molecule has 1 aliphatic rings. The lowest BCUT2D eigenvalue weighted by Crippen LogP contribution is -2.48. The third-order valence-corrected chi connectivity index (χ3v) is 3.23. The number of aliphatic carboxylic acids is 1. The van der Waals surface area contributed by atoms with E-state index in [9.17, 15) is 9.59 Å². The average molecular weight is 256 g/mol. The van der Waals surface area contributed by atoms with Gasteiger partial charge in [0, 0.05) is 19.0 Å². The van der Waals surface area contributed by atoms with Gasteiger partial charge in [0.15, 0.2) is 0 Å². The number of hydrogen-bond donors (Lipinski definition) is 2. The molecule has 1 atom stereocenters. The third-order valence-electron chi connectivity index (χ3n) is 3.23. The lowest BCUT2D eigenvalue weighted by atomic mass is 10.0. The number of nitrogens with one attached hydrogen (secondary N) is 1. The van der Waals surface area contributed by atoms with E-state index >= 15 is 0 Å². The minimum absolute atomic E-state index is 0.0207. The second kappa shape index (κ2) is 7.36. The lowest BCUT2D eigenvalue weighted by molar-refractivity contribution is -0.152. The number of carbonyl (C=O) groups is 2. The smallest absolute Gasteiger partial charge is 0.326 e. The summed E-state index contributed by atoms with van der Waals surface area (Å²) < 4.78 is 0. The summed E-state index contributed by atoms with van der Waals surface area (Å²) in [6.07, 6.45) is 3.60. The van der Waals surface area contributed by atoms with Crippen molar-refractivity contribution in [3.05, 3.63) is 0 Å². The molecule has 104 valence electrons. The maximum atomic E-state index is 12.0. The highest BCUT2D eigenvalue weighted by atomic mass is 16.4. The van der Waals surface area contributed by atoms with Crippen LogP contribution >= 0.6 is 0 Å². The van der Waals surface area contributed by atoms with E-state index in [1.807, 2.05) is 0 Å². The lowest BCUT2D eigenvalue weighted by Gasteiger charge is -2.33. The largest absolute Gasteiger partial charge is 0.480 e. The van der Waals surface area contributed by atoms with Crippen LogP contribution in [0, 0.1) is 0 Å². The Balaban J connectivity index is 2.36. The summed E-state index contributed by atoms with van der Waals surface area (Å²) in [7, 11) is 0. The number of carboxylic acid groups (broad SMARTS) is 1. The molecule has 1 amide bonds. The quantitative estimate of drug-likeness (QED) is 0.701. The highest BCUT2D eigenvalue weighted by Crippen LogP contribution is 2.18. The highest BCUT2D eigenvalue weighted by molar-refractivity contribution is 5.83. The number of likely N-dealkylation sites (tertiary alicyclic amines) is 1. The first-order chi connectivity index (χ1) is 8.52. The average Bonchev–Trinajstić information content (AvgIpc) is 2.34. The van der Waals surface area contributed by atoms with Crippen LogP contribution in [-0.4, -0.2) is 47.1 Å². The summed E-state index contributed by atoms with van der Waals surface area (Å²) in [5, 5.41) is 12.3. The fourth-order valence-corrected chi connectivity index (χ4v) is 2.26. The van der Waals surface area contributed by atoms with Crippen LogP contribution in [0.4, 0.5) is 0 Å². The Kier molecular flexibility index (Phi) is 6.12. The van der Waals surface area contributed by atoms with Crippen molar-refractivity contribution in [1.29, 1.82) is 0 Å². The molecule has 1 fully saturated rings. The number of rotatable bonds is 6. The highest BCUT2D eigenvalue weighted by Gasteiger charge is 2.31. The molecule has 1 aliphatic heterocycles. The molecule has 0 aromatic heterocycles. The second-order valence-corrected chi connectivity index (χ2v) is 5.15. The number of nitrogens with zero attached hydrogens (tertiary/aromatic N) is 1. The first-order valence-corrected chi connectivity index (χ1v) is 6.78. The molecule has 5 nitrogen and oxygen atoms in total. The van der Waals surface area contributed by atoms with E-state index < -0.39 is 12.0 Å². The van der Waals surface area contributed by atoms with Crippen molar-refractivity contribution in [1.82, 2.24) is 10.2 Å². The minimum atomic E-state index is -0.872. The molecule has 0 spiro atoms. The van der Waals surface area contributed by atoms with Crippen LogP contribution in [0.2, 0.25) is 0 Å². The van der Waals surface area contributed by atoms with Gasteiger partial charge in [-0.2, -0.15) is 0 Å². The van der Waals surface area contributed by atoms with Crippen molar-refractivity contribution < 1.29 is 14.7 Å². The van der Waals surface area contributed by atoms with E-state index in [0.717, 1.165) is 25.8 Å². The molecule has 0 aromatic carbocycles. The van der Waals surface area contributed by atoms with E-state index in [2.05, 4.69) is 19.2 Å². The Labute approximate surface area is 109 Å². The van der Waals surface area contributed by atoms with Crippen molar-refractivity contribution in [3.8, 4) is 0 Å². The summed E-state index contributed by atoms with van der Waals surface area (Å²) in [4.78, 5) is 24.6. The molecule has 0 unspecified atom stereocenters. The van der Waals surface area contributed by atoms with Crippen molar-refractivity contribution in [2.45, 2.75) is 58.0 Å². The topological polar surface area (TPSA) is 69.6 Å². The zero-order valence-electron chi connectivity index (χ0n) is 11.3. The van der Waals surface area contributed by atoms with E-state index in [0.29, 0.717) is 25.4 Å². The van der Waals surface area contributed by atoms with Gasteiger partial charge in [-0.25, -0.2) is 4.79 Å². The molecular formula is C13H24N2O3. The van der Waals surface area contributed by atoms with E-state index in [4.69, 9.17) is 5.11 Å². The summed E-state index contributed by atoms with van der Waals surface area (Å²) >= 11 is 0. The first kappa shape index (κ1) is 15.0. The van der Waals surface area contributed by atoms with E-state index in [1.54, 1.807) is 4.90 Å². The Hall–Kier alpha value is -1.10. The Morgan fingerprint density at radius 3 is 2.72 bits per heavy atom. The molecule has 18 heavy (non-hydrogen) atoms. The predicted molar refractivity (Wildman–Crippen MR) is 69.4 cm³/mol. The zero-order valence-corrected chi connectivity index (χ0v) is 11.3. The van der Waals surface area contributed by atoms with Crippen LogP contribution in [0.25, 0.3) is 0 Å². The molecule has 1 rings (SSSR count). The number of amides is 1. The maximum Gasteiger partial charge on any atom is 0.326 e. The number of carboxylic acids is 1. The standard InChI is InChI=1S/C13H24N2O3/c1-10(2)14-8-5-7-12(16)15-9-4-3-6-11(15)13(17)18/h10-11,14H,3-9H2,1-2H3,(H,17,18)/t11-/m0/s1. The van der Waals surface area contributed by atoms with Crippen LogP contribution in [-0.2, 0) is 9.59 Å². The fourth-order valence-electron chi connectivity index (χ4n) is 2.26.